The zero-order valence-electron chi connectivity index (χ0n) is 14.6. The number of hydrogen-bond donors (Lipinski definition) is 2. The third-order valence-corrected chi connectivity index (χ3v) is 6.19. The van der Waals surface area contributed by atoms with Crippen LogP contribution in [0.2, 0.25) is 0 Å². The van der Waals surface area contributed by atoms with Crippen molar-refractivity contribution in [1.29, 1.82) is 0 Å². The minimum absolute atomic E-state index is 0.00104. The summed E-state index contributed by atoms with van der Waals surface area (Å²) in [5.41, 5.74) is 8.07. The van der Waals surface area contributed by atoms with Gasteiger partial charge in [-0.3, -0.25) is 9.59 Å². The number of aromatic nitrogens is 1. The van der Waals surface area contributed by atoms with E-state index >= 15 is 0 Å². The molecule has 0 saturated heterocycles. The van der Waals surface area contributed by atoms with Crippen molar-refractivity contribution in [3.8, 4) is 0 Å². The summed E-state index contributed by atoms with van der Waals surface area (Å²) in [6.07, 6.45) is 0.764. The second-order valence-corrected chi connectivity index (χ2v) is 8.06. The number of nitrogens with one attached hydrogen (secondary N) is 1. The Morgan fingerprint density at radius 2 is 2.00 bits per heavy atom. The predicted octanol–water partition coefficient (Wildman–Crippen LogP) is 3.37. The molecule has 0 aliphatic rings. The number of rotatable bonds is 8. The molecule has 0 spiro atoms. The summed E-state index contributed by atoms with van der Waals surface area (Å²) in [6, 6.07) is 6.73. The lowest BCUT2D eigenvalue weighted by molar-refractivity contribution is -0.120. The largest absolute Gasteiger partial charge is 0.368 e. The van der Waals surface area contributed by atoms with Gasteiger partial charge in [0.2, 0.25) is 5.91 Å². The highest BCUT2D eigenvalue weighted by atomic mass is 32.2. The standard InChI is InChI=1S/C18H23N3O2S2/c1-4-11(2)15(16(19)22)21-17(23)14-7-5-13(6-8-14)10-25-18-20-12(3)9-24-18/h5-9,11,15H,4,10H2,1-3H3,(H2,19,22)(H,21,23). The van der Waals surface area contributed by atoms with Crippen LogP contribution < -0.4 is 11.1 Å². The first kappa shape index (κ1) is 19.5. The second-order valence-electron chi connectivity index (χ2n) is 5.98. The van der Waals surface area contributed by atoms with Gasteiger partial charge in [-0.05, 0) is 30.5 Å². The molecule has 0 radical (unpaired) electrons. The van der Waals surface area contributed by atoms with Gasteiger partial charge < -0.3 is 11.1 Å². The van der Waals surface area contributed by atoms with E-state index in [4.69, 9.17) is 5.73 Å². The van der Waals surface area contributed by atoms with Crippen LogP contribution in [0.3, 0.4) is 0 Å². The van der Waals surface area contributed by atoms with E-state index in [1.54, 1.807) is 35.2 Å². The molecule has 0 bridgehead atoms. The van der Waals surface area contributed by atoms with Crippen molar-refractivity contribution >= 4 is 34.9 Å². The molecule has 0 saturated carbocycles. The summed E-state index contributed by atoms with van der Waals surface area (Å²) in [4.78, 5) is 28.3. The molecule has 2 rings (SSSR count). The number of amides is 2. The monoisotopic (exact) mass is 377 g/mol. The molecule has 0 aliphatic heterocycles. The molecular weight excluding hydrogens is 354 g/mol. The normalized spacial score (nSPS) is 13.2. The molecule has 1 aromatic heterocycles. The maximum atomic E-state index is 12.3. The molecule has 0 fully saturated rings. The predicted molar refractivity (Wildman–Crippen MR) is 103 cm³/mol. The van der Waals surface area contributed by atoms with Crippen molar-refractivity contribution in [2.75, 3.05) is 0 Å². The first-order valence-corrected chi connectivity index (χ1v) is 10.0. The molecule has 1 aromatic carbocycles. The molecule has 5 nitrogen and oxygen atoms in total. The molecule has 1 heterocycles. The van der Waals surface area contributed by atoms with Crippen LogP contribution in [0, 0.1) is 12.8 Å². The number of nitrogens with zero attached hydrogens (tertiary/aromatic N) is 1. The van der Waals surface area contributed by atoms with Gasteiger partial charge in [-0.1, -0.05) is 44.2 Å². The fourth-order valence-electron chi connectivity index (χ4n) is 2.25. The van der Waals surface area contributed by atoms with Gasteiger partial charge in [0.1, 0.15) is 10.4 Å². The Balaban J connectivity index is 1.96. The van der Waals surface area contributed by atoms with Crippen LogP contribution in [0.4, 0.5) is 0 Å². The number of thioether (sulfide) groups is 1. The molecule has 25 heavy (non-hydrogen) atoms. The van der Waals surface area contributed by atoms with Gasteiger partial charge in [-0.15, -0.1) is 11.3 Å². The number of primary amides is 1. The van der Waals surface area contributed by atoms with Gasteiger partial charge in [0.25, 0.3) is 5.91 Å². The fraction of sp³-hybridized carbons (Fsp3) is 0.389. The van der Waals surface area contributed by atoms with E-state index in [2.05, 4.69) is 10.3 Å². The zero-order valence-corrected chi connectivity index (χ0v) is 16.2. The molecule has 2 atom stereocenters. The number of carbonyl (C=O) groups excluding carboxylic acids is 2. The van der Waals surface area contributed by atoms with Crippen LogP contribution in [-0.2, 0) is 10.5 Å². The molecule has 134 valence electrons. The van der Waals surface area contributed by atoms with Crippen molar-refractivity contribution < 1.29 is 9.59 Å². The van der Waals surface area contributed by atoms with Gasteiger partial charge in [-0.2, -0.15) is 0 Å². The summed E-state index contributed by atoms with van der Waals surface area (Å²) in [5, 5.41) is 4.77. The van der Waals surface area contributed by atoms with Crippen molar-refractivity contribution in [3.63, 3.8) is 0 Å². The van der Waals surface area contributed by atoms with E-state index in [1.807, 2.05) is 38.3 Å². The highest BCUT2D eigenvalue weighted by Crippen LogP contribution is 2.26. The number of hydrogen-bond acceptors (Lipinski definition) is 5. The minimum Gasteiger partial charge on any atom is -0.368 e. The maximum absolute atomic E-state index is 12.3. The van der Waals surface area contributed by atoms with E-state index in [1.165, 1.54) is 0 Å². The molecule has 3 N–H and O–H groups in total. The van der Waals surface area contributed by atoms with Gasteiger partial charge >= 0.3 is 0 Å². The average molecular weight is 378 g/mol. The molecule has 2 aromatic rings. The van der Waals surface area contributed by atoms with Gasteiger partial charge in [0, 0.05) is 22.4 Å². The van der Waals surface area contributed by atoms with Gasteiger partial charge in [0.15, 0.2) is 0 Å². The van der Waals surface area contributed by atoms with E-state index in [0.29, 0.717) is 5.56 Å². The van der Waals surface area contributed by atoms with Crippen LogP contribution in [0.15, 0.2) is 34.0 Å². The van der Waals surface area contributed by atoms with Crippen LogP contribution in [-0.4, -0.2) is 22.8 Å². The van der Waals surface area contributed by atoms with Crippen LogP contribution in [0.1, 0.15) is 41.9 Å². The Kier molecular flexibility index (Phi) is 7.01. The number of thiazole rings is 1. The fourth-order valence-corrected chi connectivity index (χ4v) is 4.06. The zero-order chi connectivity index (χ0) is 18.4. The molecule has 2 amide bonds. The van der Waals surface area contributed by atoms with Crippen molar-refractivity contribution in [2.45, 2.75) is 43.3 Å². The van der Waals surface area contributed by atoms with Crippen molar-refractivity contribution in [2.24, 2.45) is 11.7 Å². The molecule has 2 unspecified atom stereocenters. The third kappa shape index (κ3) is 5.57. The SMILES string of the molecule is CCC(C)C(NC(=O)c1ccc(CSc2nc(C)cs2)cc1)C(N)=O. The van der Waals surface area contributed by atoms with Crippen LogP contribution in [0.25, 0.3) is 0 Å². The highest BCUT2D eigenvalue weighted by Gasteiger charge is 2.23. The lowest BCUT2D eigenvalue weighted by Gasteiger charge is -2.21. The Labute approximate surface area is 156 Å². The summed E-state index contributed by atoms with van der Waals surface area (Å²) < 4.78 is 1.04. The number of nitrogens with two attached hydrogens (primary N) is 1. The number of aryl methyl sites for hydroxylation is 1. The number of carbonyl (C=O) groups is 2. The summed E-state index contributed by atoms with van der Waals surface area (Å²) >= 11 is 3.31. The minimum atomic E-state index is -0.652. The summed E-state index contributed by atoms with van der Waals surface area (Å²) in [6.45, 7) is 5.84. The van der Waals surface area contributed by atoms with Gasteiger partial charge in [-0.25, -0.2) is 4.98 Å². The molecular formula is C18H23N3O2S2. The van der Waals surface area contributed by atoms with Crippen LogP contribution >= 0.6 is 23.1 Å². The Morgan fingerprint density at radius 1 is 1.32 bits per heavy atom. The smallest absolute Gasteiger partial charge is 0.251 e. The van der Waals surface area contributed by atoms with E-state index in [0.717, 1.165) is 27.8 Å². The van der Waals surface area contributed by atoms with E-state index < -0.39 is 11.9 Å². The Morgan fingerprint density at radius 3 is 2.52 bits per heavy atom. The van der Waals surface area contributed by atoms with Crippen molar-refractivity contribution in [1.82, 2.24) is 10.3 Å². The topological polar surface area (TPSA) is 85.1 Å². The average Bonchev–Trinajstić information content (AvgIpc) is 3.02. The first-order chi connectivity index (χ1) is 11.9. The first-order valence-electron chi connectivity index (χ1n) is 8.14. The van der Waals surface area contributed by atoms with Crippen molar-refractivity contribution in [3.05, 3.63) is 46.5 Å². The lowest BCUT2D eigenvalue weighted by atomic mass is 9.98. The summed E-state index contributed by atoms with van der Waals surface area (Å²) in [7, 11) is 0. The van der Waals surface area contributed by atoms with Gasteiger partial charge in [0.05, 0.1) is 0 Å². The molecule has 0 aliphatic carbocycles. The second kappa shape index (κ2) is 9.01. The highest BCUT2D eigenvalue weighted by molar-refractivity contribution is 8.00. The summed E-state index contributed by atoms with van der Waals surface area (Å²) in [5.74, 6) is 0.0122. The third-order valence-electron chi connectivity index (χ3n) is 3.98. The van der Waals surface area contributed by atoms with Crippen LogP contribution in [0.5, 0.6) is 0 Å². The lowest BCUT2D eigenvalue weighted by Crippen LogP contribution is -2.48. The van der Waals surface area contributed by atoms with E-state index in [9.17, 15) is 9.59 Å². The maximum Gasteiger partial charge on any atom is 0.251 e. The Hall–Kier alpha value is -1.86. The molecule has 7 heteroatoms. The Bertz CT molecular complexity index is 728. The quantitative estimate of drug-likeness (QED) is 0.691. The van der Waals surface area contributed by atoms with E-state index in [-0.39, 0.29) is 11.8 Å². The number of benzene rings is 1.